The molecule has 1 aromatic carbocycles. The van der Waals surface area contributed by atoms with Gasteiger partial charge in [0, 0.05) is 32.0 Å². The zero-order chi connectivity index (χ0) is 22.6. The Labute approximate surface area is 190 Å². The lowest BCUT2D eigenvalue weighted by Gasteiger charge is -2.37. The number of rotatable bonds is 5. The Morgan fingerprint density at radius 3 is 2.44 bits per heavy atom. The number of carbonyl (C=O) groups is 1. The summed E-state index contributed by atoms with van der Waals surface area (Å²) in [6, 6.07) is 10.4. The molecule has 0 N–H and O–H groups in total. The molecule has 2 aromatic rings. The van der Waals surface area contributed by atoms with Crippen LogP contribution in [0.25, 0.3) is 0 Å². The maximum absolute atomic E-state index is 13.7. The Morgan fingerprint density at radius 1 is 0.969 bits per heavy atom. The van der Waals surface area contributed by atoms with E-state index in [4.69, 9.17) is 4.74 Å². The van der Waals surface area contributed by atoms with E-state index in [0.29, 0.717) is 31.7 Å². The zero-order valence-corrected chi connectivity index (χ0v) is 19.3. The Kier molecular flexibility index (Phi) is 7.10. The first-order valence-electron chi connectivity index (χ1n) is 11.4. The summed E-state index contributed by atoms with van der Waals surface area (Å²) in [5.41, 5.74) is 1.11. The Balaban J connectivity index is 1.53. The molecule has 1 aromatic heterocycles. The molecule has 3 heterocycles. The monoisotopic (exact) mass is 457 g/mol. The number of hydrogen-bond donors (Lipinski definition) is 0. The molecule has 1 amide bonds. The standard InChI is InChI=1S/C24H31N3O4S/c1-31-21-8-10-22(11-9-21)32(29,30)26-16-5-6-20(18-26)24(28)27-17-4-2-3-7-23(27)19-12-14-25-15-13-19/h8-15,20,23H,2-7,16-18H2,1H3. The summed E-state index contributed by atoms with van der Waals surface area (Å²) in [5.74, 6) is 0.363. The van der Waals surface area contributed by atoms with Gasteiger partial charge in [-0.25, -0.2) is 8.42 Å². The van der Waals surface area contributed by atoms with Crippen LogP contribution >= 0.6 is 0 Å². The molecule has 0 saturated carbocycles. The van der Waals surface area contributed by atoms with Gasteiger partial charge >= 0.3 is 0 Å². The normalized spacial score (nSPS) is 22.8. The molecule has 172 valence electrons. The van der Waals surface area contributed by atoms with Crippen molar-refractivity contribution in [2.75, 3.05) is 26.7 Å². The van der Waals surface area contributed by atoms with Crippen LogP contribution in [-0.2, 0) is 14.8 Å². The summed E-state index contributed by atoms with van der Waals surface area (Å²) in [6.07, 6.45) is 9.03. The molecule has 32 heavy (non-hydrogen) atoms. The summed E-state index contributed by atoms with van der Waals surface area (Å²) in [7, 11) is -2.11. The molecule has 8 heteroatoms. The predicted octanol–water partition coefficient (Wildman–Crippen LogP) is 3.63. The van der Waals surface area contributed by atoms with E-state index in [1.807, 2.05) is 17.0 Å². The number of sulfonamides is 1. The van der Waals surface area contributed by atoms with Crippen molar-refractivity contribution in [1.82, 2.24) is 14.2 Å². The van der Waals surface area contributed by atoms with Gasteiger partial charge in [0.05, 0.1) is 24.0 Å². The lowest BCUT2D eigenvalue weighted by Crippen LogP contribution is -2.47. The summed E-state index contributed by atoms with van der Waals surface area (Å²) >= 11 is 0. The van der Waals surface area contributed by atoms with Gasteiger partial charge in [-0.2, -0.15) is 4.31 Å². The van der Waals surface area contributed by atoms with E-state index in [1.165, 1.54) is 4.31 Å². The number of benzene rings is 1. The highest BCUT2D eigenvalue weighted by Gasteiger charge is 2.37. The fourth-order valence-corrected chi connectivity index (χ4v) is 6.32. The topological polar surface area (TPSA) is 79.8 Å². The van der Waals surface area contributed by atoms with Gasteiger partial charge in [0.1, 0.15) is 5.75 Å². The summed E-state index contributed by atoms with van der Waals surface area (Å²) in [5, 5.41) is 0. The number of piperidine rings is 1. The number of ether oxygens (including phenoxy) is 1. The molecule has 0 spiro atoms. The average molecular weight is 458 g/mol. The van der Waals surface area contributed by atoms with Crippen LogP contribution in [0.3, 0.4) is 0 Å². The molecule has 4 rings (SSSR count). The van der Waals surface area contributed by atoms with E-state index in [0.717, 1.165) is 31.2 Å². The highest BCUT2D eigenvalue weighted by atomic mass is 32.2. The van der Waals surface area contributed by atoms with Gasteiger partial charge in [-0.05, 0) is 67.6 Å². The molecule has 2 aliphatic rings. The second-order valence-corrected chi connectivity index (χ2v) is 10.5. The predicted molar refractivity (Wildman–Crippen MR) is 122 cm³/mol. The van der Waals surface area contributed by atoms with Crippen LogP contribution in [0.1, 0.15) is 50.1 Å². The van der Waals surface area contributed by atoms with Crippen LogP contribution in [0, 0.1) is 5.92 Å². The highest BCUT2D eigenvalue weighted by molar-refractivity contribution is 7.89. The van der Waals surface area contributed by atoms with E-state index in [-0.39, 0.29) is 29.3 Å². The van der Waals surface area contributed by atoms with Crippen molar-refractivity contribution in [3.63, 3.8) is 0 Å². The number of pyridine rings is 1. The van der Waals surface area contributed by atoms with E-state index in [2.05, 4.69) is 4.98 Å². The van der Waals surface area contributed by atoms with Gasteiger partial charge in [0.15, 0.2) is 0 Å². The number of hydrogen-bond acceptors (Lipinski definition) is 5. The summed E-state index contributed by atoms with van der Waals surface area (Å²) < 4.78 is 33.1. The van der Waals surface area contributed by atoms with Gasteiger partial charge in [-0.15, -0.1) is 0 Å². The zero-order valence-electron chi connectivity index (χ0n) is 18.5. The molecular weight excluding hydrogens is 426 g/mol. The summed E-state index contributed by atoms with van der Waals surface area (Å²) in [4.78, 5) is 20.0. The second-order valence-electron chi connectivity index (χ2n) is 8.56. The van der Waals surface area contributed by atoms with Crippen LogP contribution in [0.5, 0.6) is 5.75 Å². The highest BCUT2D eigenvalue weighted by Crippen LogP contribution is 2.33. The number of nitrogens with zero attached hydrogens (tertiary/aromatic N) is 3. The molecule has 2 saturated heterocycles. The lowest BCUT2D eigenvalue weighted by molar-refractivity contribution is -0.139. The molecule has 0 aliphatic carbocycles. The fraction of sp³-hybridized carbons (Fsp3) is 0.500. The fourth-order valence-electron chi connectivity index (χ4n) is 4.80. The van der Waals surface area contributed by atoms with Gasteiger partial charge in [0.2, 0.25) is 15.9 Å². The van der Waals surface area contributed by atoms with Crippen molar-refractivity contribution in [2.24, 2.45) is 5.92 Å². The maximum Gasteiger partial charge on any atom is 0.243 e. The maximum atomic E-state index is 13.7. The Morgan fingerprint density at radius 2 is 1.72 bits per heavy atom. The minimum atomic E-state index is -3.66. The molecule has 2 unspecified atom stereocenters. The minimum absolute atomic E-state index is 0.0292. The Hall–Kier alpha value is -2.45. The minimum Gasteiger partial charge on any atom is -0.497 e. The first-order valence-corrected chi connectivity index (χ1v) is 12.8. The largest absolute Gasteiger partial charge is 0.497 e. The number of carbonyl (C=O) groups excluding carboxylic acids is 1. The van der Waals surface area contributed by atoms with Gasteiger partial charge in [-0.3, -0.25) is 9.78 Å². The van der Waals surface area contributed by atoms with Gasteiger partial charge in [0.25, 0.3) is 0 Å². The Bertz CT molecular complexity index is 1010. The van der Waals surface area contributed by atoms with Crippen molar-refractivity contribution < 1.29 is 17.9 Å². The second kappa shape index (κ2) is 10.0. The smallest absolute Gasteiger partial charge is 0.243 e. The quantitative estimate of drug-likeness (QED) is 0.685. The van der Waals surface area contributed by atoms with Crippen molar-refractivity contribution in [3.05, 3.63) is 54.4 Å². The third kappa shape index (κ3) is 4.81. The molecule has 0 bridgehead atoms. The van der Waals surface area contributed by atoms with Gasteiger partial charge in [-0.1, -0.05) is 12.8 Å². The number of likely N-dealkylation sites (tertiary alicyclic amines) is 1. The van der Waals surface area contributed by atoms with E-state index in [1.54, 1.807) is 43.8 Å². The third-order valence-corrected chi connectivity index (χ3v) is 8.44. The lowest BCUT2D eigenvalue weighted by atomic mass is 9.95. The van der Waals surface area contributed by atoms with Crippen molar-refractivity contribution in [1.29, 1.82) is 0 Å². The third-order valence-electron chi connectivity index (χ3n) is 6.56. The first kappa shape index (κ1) is 22.7. The molecule has 2 aliphatic heterocycles. The number of methoxy groups -OCH3 is 1. The van der Waals surface area contributed by atoms with Crippen LogP contribution in [-0.4, -0.2) is 55.3 Å². The van der Waals surface area contributed by atoms with Crippen LogP contribution < -0.4 is 4.74 Å². The van der Waals surface area contributed by atoms with Crippen LogP contribution in [0.15, 0.2) is 53.7 Å². The van der Waals surface area contributed by atoms with Crippen LogP contribution in [0.4, 0.5) is 0 Å². The van der Waals surface area contributed by atoms with Gasteiger partial charge < -0.3 is 9.64 Å². The molecule has 2 atom stereocenters. The van der Waals surface area contributed by atoms with E-state index < -0.39 is 10.0 Å². The van der Waals surface area contributed by atoms with Crippen molar-refractivity contribution in [2.45, 2.75) is 49.5 Å². The van der Waals surface area contributed by atoms with Crippen molar-refractivity contribution in [3.8, 4) is 5.75 Å². The van der Waals surface area contributed by atoms with Crippen LogP contribution in [0.2, 0.25) is 0 Å². The first-order chi connectivity index (χ1) is 15.5. The number of aromatic nitrogens is 1. The van der Waals surface area contributed by atoms with E-state index in [9.17, 15) is 13.2 Å². The molecule has 7 nitrogen and oxygen atoms in total. The number of amides is 1. The SMILES string of the molecule is COc1ccc(S(=O)(=O)N2CCCC(C(=O)N3CCCCCC3c3ccncc3)C2)cc1. The van der Waals surface area contributed by atoms with E-state index >= 15 is 0 Å². The van der Waals surface area contributed by atoms with Crippen molar-refractivity contribution >= 4 is 15.9 Å². The average Bonchev–Trinajstić information content (AvgIpc) is 3.10. The molecule has 2 fully saturated rings. The summed E-state index contributed by atoms with van der Waals surface area (Å²) in [6.45, 7) is 1.38. The molecular formula is C24H31N3O4S. The molecule has 0 radical (unpaired) electrons.